The van der Waals surface area contributed by atoms with E-state index in [0.717, 1.165) is 27.7 Å². The van der Waals surface area contributed by atoms with Crippen molar-refractivity contribution in [3.8, 4) is 10.6 Å². The Kier molecular flexibility index (Phi) is 4.88. The number of rotatable bonds is 6. The molecule has 5 nitrogen and oxygen atoms in total. The first-order chi connectivity index (χ1) is 11.1. The molecule has 0 atom stereocenters. The molecule has 0 radical (unpaired) electrons. The van der Waals surface area contributed by atoms with Gasteiger partial charge in [0.2, 0.25) is 0 Å². The van der Waals surface area contributed by atoms with E-state index in [1.54, 1.807) is 22.7 Å². The number of hydrogen-bond acceptors (Lipinski definition) is 6. The van der Waals surface area contributed by atoms with Crippen LogP contribution in [0.5, 0.6) is 0 Å². The van der Waals surface area contributed by atoms with Gasteiger partial charge >= 0.3 is 5.97 Å². The number of nitrogens with zero attached hydrogens (tertiary/aromatic N) is 3. The van der Waals surface area contributed by atoms with E-state index in [9.17, 15) is 4.79 Å². The average molecular weight is 347 g/mol. The Bertz CT molecular complexity index is 790. The van der Waals surface area contributed by atoms with Crippen LogP contribution in [-0.2, 0) is 22.7 Å². The second-order valence-corrected chi connectivity index (χ2v) is 6.86. The number of thiophene rings is 1. The van der Waals surface area contributed by atoms with Crippen LogP contribution in [0.1, 0.15) is 23.5 Å². The molecular weight excluding hydrogens is 330 g/mol. The zero-order chi connectivity index (χ0) is 16.2. The van der Waals surface area contributed by atoms with E-state index in [4.69, 9.17) is 4.74 Å². The Hall–Kier alpha value is -1.99. The standard InChI is InChI=1S/C16H17N3O2S2/c1-11-7-12(2)19(18-11)5-3-15(20)21-8-14-10-23-16(17-14)13-4-6-22-9-13/h4,6-7,9-10H,3,5,8H2,1-2H3. The lowest BCUT2D eigenvalue weighted by Crippen LogP contribution is -2.11. The third kappa shape index (κ3) is 4.05. The molecule has 0 aliphatic rings. The summed E-state index contributed by atoms with van der Waals surface area (Å²) in [6, 6.07) is 4.03. The number of carbonyl (C=O) groups is 1. The van der Waals surface area contributed by atoms with E-state index in [2.05, 4.69) is 15.5 Å². The average Bonchev–Trinajstić information content (AvgIpc) is 3.24. The zero-order valence-corrected chi connectivity index (χ0v) is 14.6. The van der Waals surface area contributed by atoms with Crippen LogP contribution in [0, 0.1) is 13.8 Å². The molecular formula is C16H17N3O2S2. The summed E-state index contributed by atoms with van der Waals surface area (Å²) >= 11 is 3.21. The molecule has 0 aliphatic heterocycles. The fourth-order valence-corrected chi connectivity index (χ4v) is 3.73. The number of thiazole rings is 1. The minimum atomic E-state index is -0.234. The van der Waals surface area contributed by atoms with Gasteiger partial charge in [-0.15, -0.1) is 11.3 Å². The van der Waals surface area contributed by atoms with Gasteiger partial charge in [-0.3, -0.25) is 9.48 Å². The molecule has 3 heterocycles. The number of aromatic nitrogens is 3. The highest BCUT2D eigenvalue weighted by Crippen LogP contribution is 2.25. The maximum Gasteiger partial charge on any atom is 0.308 e. The first-order valence-corrected chi connectivity index (χ1v) is 9.08. The molecule has 0 N–H and O–H groups in total. The molecule has 120 valence electrons. The number of ether oxygens (including phenoxy) is 1. The second kappa shape index (κ2) is 7.06. The van der Waals surface area contributed by atoms with E-state index < -0.39 is 0 Å². The highest BCUT2D eigenvalue weighted by molar-refractivity contribution is 7.14. The molecule has 0 aliphatic carbocycles. The number of carbonyl (C=O) groups excluding carboxylic acids is 1. The van der Waals surface area contributed by atoms with E-state index in [0.29, 0.717) is 13.0 Å². The van der Waals surface area contributed by atoms with E-state index >= 15 is 0 Å². The monoisotopic (exact) mass is 347 g/mol. The Balaban J connectivity index is 1.48. The molecule has 0 saturated carbocycles. The Morgan fingerprint density at radius 1 is 1.35 bits per heavy atom. The van der Waals surface area contributed by atoms with Crippen LogP contribution in [-0.4, -0.2) is 20.7 Å². The summed E-state index contributed by atoms with van der Waals surface area (Å²) in [7, 11) is 0. The minimum absolute atomic E-state index is 0.219. The van der Waals surface area contributed by atoms with E-state index in [1.807, 2.05) is 41.4 Å². The molecule has 3 aromatic heterocycles. The molecule has 23 heavy (non-hydrogen) atoms. The summed E-state index contributed by atoms with van der Waals surface area (Å²) in [6.07, 6.45) is 0.309. The largest absolute Gasteiger partial charge is 0.459 e. The van der Waals surface area contributed by atoms with Crippen LogP contribution in [0.15, 0.2) is 28.3 Å². The number of aryl methyl sites for hydroxylation is 3. The van der Waals surface area contributed by atoms with Gasteiger partial charge in [0.1, 0.15) is 11.6 Å². The third-order valence-corrected chi connectivity index (χ3v) is 4.96. The van der Waals surface area contributed by atoms with Crippen LogP contribution in [0.3, 0.4) is 0 Å². The van der Waals surface area contributed by atoms with Crippen molar-refractivity contribution in [3.05, 3.63) is 45.4 Å². The van der Waals surface area contributed by atoms with Crippen LogP contribution in [0.4, 0.5) is 0 Å². The van der Waals surface area contributed by atoms with Crippen molar-refractivity contribution in [1.82, 2.24) is 14.8 Å². The molecule has 3 rings (SSSR count). The normalized spacial score (nSPS) is 10.9. The SMILES string of the molecule is Cc1cc(C)n(CCC(=O)OCc2csc(-c3ccsc3)n2)n1. The molecule has 0 fully saturated rings. The fourth-order valence-electron chi connectivity index (χ4n) is 2.22. The Labute approximate surface area is 142 Å². The van der Waals surface area contributed by atoms with Gasteiger partial charge in [-0.1, -0.05) is 0 Å². The molecule has 0 amide bonds. The predicted octanol–water partition coefficient (Wildman–Crippen LogP) is 3.82. The lowest BCUT2D eigenvalue weighted by molar-refractivity contribution is -0.145. The quantitative estimate of drug-likeness (QED) is 0.636. The van der Waals surface area contributed by atoms with Gasteiger partial charge in [-0.05, 0) is 31.4 Å². The highest BCUT2D eigenvalue weighted by atomic mass is 32.1. The fraction of sp³-hybridized carbons (Fsp3) is 0.312. The summed E-state index contributed by atoms with van der Waals surface area (Å²) in [6.45, 7) is 4.67. The van der Waals surface area contributed by atoms with Gasteiger partial charge < -0.3 is 4.74 Å². The maximum atomic E-state index is 11.9. The van der Waals surface area contributed by atoms with Crippen LogP contribution >= 0.6 is 22.7 Å². The molecule has 0 saturated heterocycles. The van der Waals surface area contributed by atoms with E-state index in [1.165, 1.54) is 0 Å². The highest BCUT2D eigenvalue weighted by Gasteiger charge is 2.09. The van der Waals surface area contributed by atoms with Crippen molar-refractivity contribution in [2.24, 2.45) is 0 Å². The molecule has 0 bridgehead atoms. The van der Waals surface area contributed by atoms with Crippen molar-refractivity contribution in [1.29, 1.82) is 0 Å². The van der Waals surface area contributed by atoms with Gasteiger partial charge in [0.05, 0.1) is 24.4 Å². The number of esters is 1. The molecule has 3 aromatic rings. The zero-order valence-electron chi connectivity index (χ0n) is 13.0. The van der Waals surface area contributed by atoms with Crippen molar-refractivity contribution >= 4 is 28.6 Å². The minimum Gasteiger partial charge on any atom is -0.459 e. The van der Waals surface area contributed by atoms with Crippen molar-refractivity contribution in [2.75, 3.05) is 0 Å². The molecule has 0 aromatic carbocycles. The third-order valence-electron chi connectivity index (χ3n) is 3.33. The molecule has 7 heteroatoms. The Morgan fingerprint density at radius 2 is 2.22 bits per heavy atom. The van der Waals surface area contributed by atoms with Gasteiger partial charge in [-0.2, -0.15) is 16.4 Å². The first-order valence-electron chi connectivity index (χ1n) is 7.25. The summed E-state index contributed by atoms with van der Waals surface area (Å²) in [5.74, 6) is -0.234. The lowest BCUT2D eigenvalue weighted by Gasteiger charge is -2.05. The Morgan fingerprint density at radius 3 is 2.91 bits per heavy atom. The van der Waals surface area contributed by atoms with Crippen LogP contribution in [0.2, 0.25) is 0 Å². The lowest BCUT2D eigenvalue weighted by atomic mass is 10.3. The smallest absolute Gasteiger partial charge is 0.308 e. The first kappa shape index (κ1) is 15.9. The predicted molar refractivity (Wildman–Crippen MR) is 91.5 cm³/mol. The van der Waals surface area contributed by atoms with E-state index in [-0.39, 0.29) is 12.6 Å². The van der Waals surface area contributed by atoms with Crippen molar-refractivity contribution in [3.63, 3.8) is 0 Å². The molecule has 0 spiro atoms. The van der Waals surface area contributed by atoms with Gasteiger partial charge in [0, 0.05) is 22.0 Å². The van der Waals surface area contributed by atoms with Crippen LogP contribution in [0.25, 0.3) is 10.6 Å². The van der Waals surface area contributed by atoms with Gasteiger partial charge in [0.15, 0.2) is 0 Å². The van der Waals surface area contributed by atoms with Gasteiger partial charge in [0.25, 0.3) is 0 Å². The van der Waals surface area contributed by atoms with Gasteiger partial charge in [-0.25, -0.2) is 4.98 Å². The number of hydrogen-bond donors (Lipinski definition) is 0. The van der Waals surface area contributed by atoms with Crippen LogP contribution < -0.4 is 0 Å². The van der Waals surface area contributed by atoms with Crippen molar-refractivity contribution in [2.45, 2.75) is 33.4 Å². The molecule has 0 unspecified atom stereocenters. The van der Waals surface area contributed by atoms with Crippen molar-refractivity contribution < 1.29 is 9.53 Å². The summed E-state index contributed by atoms with van der Waals surface area (Å²) in [5, 5.41) is 11.3. The summed E-state index contributed by atoms with van der Waals surface area (Å²) in [5.41, 5.74) is 3.91. The maximum absolute atomic E-state index is 11.9. The topological polar surface area (TPSA) is 57.0 Å². The second-order valence-electron chi connectivity index (χ2n) is 5.22. The summed E-state index contributed by atoms with van der Waals surface area (Å²) in [4.78, 5) is 16.3. The summed E-state index contributed by atoms with van der Waals surface area (Å²) < 4.78 is 7.12.